The lowest BCUT2D eigenvalue weighted by Gasteiger charge is -2.30. The van der Waals surface area contributed by atoms with E-state index in [4.69, 9.17) is 4.42 Å². The van der Waals surface area contributed by atoms with Crippen LogP contribution >= 0.6 is 0 Å². The molecule has 2 heterocycles. The van der Waals surface area contributed by atoms with Gasteiger partial charge in [0.25, 0.3) is 0 Å². The molecule has 1 aliphatic heterocycles. The Labute approximate surface area is 136 Å². The first kappa shape index (κ1) is 15.7. The molecule has 5 nitrogen and oxygen atoms in total. The number of benzene rings is 1. The molecular weight excluding hydrogens is 290 g/mol. The zero-order chi connectivity index (χ0) is 16.1. The number of hydrogen-bond donors (Lipinski definition) is 2. The molecule has 5 heteroatoms. The van der Waals surface area contributed by atoms with Gasteiger partial charge in [-0.1, -0.05) is 37.3 Å². The second kappa shape index (κ2) is 7.42. The van der Waals surface area contributed by atoms with Gasteiger partial charge in [0.15, 0.2) is 11.7 Å². The van der Waals surface area contributed by atoms with Crippen LogP contribution in [0.25, 0.3) is 11.3 Å². The molecule has 0 bridgehead atoms. The van der Waals surface area contributed by atoms with Crippen LogP contribution in [0.1, 0.15) is 25.7 Å². The SMILES string of the molecule is CC1CNCCC1NC(=O)CCc1ncc(-c2ccccc2)o1. The van der Waals surface area contributed by atoms with E-state index in [1.807, 2.05) is 30.3 Å². The van der Waals surface area contributed by atoms with Crippen LogP contribution in [-0.2, 0) is 11.2 Å². The predicted molar refractivity (Wildman–Crippen MR) is 88.8 cm³/mol. The van der Waals surface area contributed by atoms with Gasteiger partial charge in [-0.25, -0.2) is 4.98 Å². The second-order valence-corrected chi connectivity index (χ2v) is 6.13. The van der Waals surface area contributed by atoms with Gasteiger partial charge in [0.05, 0.1) is 6.20 Å². The molecule has 0 spiro atoms. The fourth-order valence-electron chi connectivity index (χ4n) is 2.89. The monoisotopic (exact) mass is 313 g/mol. The van der Waals surface area contributed by atoms with E-state index in [9.17, 15) is 4.79 Å². The molecular formula is C18H23N3O2. The van der Waals surface area contributed by atoms with E-state index in [0.717, 1.165) is 30.8 Å². The van der Waals surface area contributed by atoms with E-state index in [1.54, 1.807) is 6.20 Å². The number of piperidine rings is 1. The average Bonchev–Trinajstić information content (AvgIpc) is 3.05. The number of hydrogen-bond acceptors (Lipinski definition) is 4. The Bertz CT molecular complexity index is 639. The van der Waals surface area contributed by atoms with Crippen LogP contribution in [0.3, 0.4) is 0 Å². The molecule has 1 fully saturated rings. The molecule has 3 rings (SSSR count). The Balaban J connectivity index is 1.50. The van der Waals surface area contributed by atoms with Crippen molar-refractivity contribution in [3.63, 3.8) is 0 Å². The number of carbonyl (C=O) groups is 1. The number of nitrogens with one attached hydrogen (secondary N) is 2. The summed E-state index contributed by atoms with van der Waals surface area (Å²) in [6, 6.07) is 10.1. The third-order valence-electron chi connectivity index (χ3n) is 4.31. The molecule has 2 aromatic rings. The first-order chi connectivity index (χ1) is 11.2. The maximum absolute atomic E-state index is 12.1. The van der Waals surface area contributed by atoms with Gasteiger partial charge in [-0.3, -0.25) is 4.79 Å². The summed E-state index contributed by atoms with van der Waals surface area (Å²) in [6.07, 6.45) is 3.64. The summed E-state index contributed by atoms with van der Waals surface area (Å²) in [4.78, 5) is 16.4. The molecule has 0 aliphatic carbocycles. The maximum atomic E-state index is 12.1. The van der Waals surface area contributed by atoms with E-state index < -0.39 is 0 Å². The predicted octanol–water partition coefficient (Wildman–Crippen LogP) is 2.39. The molecule has 2 unspecified atom stereocenters. The van der Waals surface area contributed by atoms with E-state index >= 15 is 0 Å². The lowest BCUT2D eigenvalue weighted by molar-refractivity contribution is -0.122. The topological polar surface area (TPSA) is 67.2 Å². The summed E-state index contributed by atoms with van der Waals surface area (Å²) in [5.74, 6) is 1.90. The molecule has 2 N–H and O–H groups in total. The standard InChI is InChI=1S/C18H23N3O2/c1-13-11-19-10-9-15(13)21-17(22)7-8-18-20-12-16(23-18)14-5-3-2-4-6-14/h2-6,12-13,15,19H,7-11H2,1H3,(H,21,22). The number of carbonyl (C=O) groups excluding carboxylic acids is 1. The molecule has 0 radical (unpaired) electrons. The number of amides is 1. The largest absolute Gasteiger partial charge is 0.441 e. The zero-order valence-electron chi connectivity index (χ0n) is 13.4. The number of nitrogens with zero attached hydrogens (tertiary/aromatic N) is 1. The Morgan fingerprint density at radius 1 is 1.39 bits per heavy atom. The molecule has 0 saturated carbocycles. The number of rotatable bonds is 5. The van der Waals surface area contributed by atoms with Crippen molar-refractivity contribution in [1.82, 2.24) is 15.6 Å². The molecule has 1 aliphatic rings. The Morgan fingerprint density at radius 2 is 2.22 bits per heavy atom. The number of aryl methyl sites for hydroxylation is 1. The van der Waals surface area contributed by atoms with Gasteiger partial charge in [-0.05, 0) is 25.4 Å². The van der Waals surface area contributed by atoms with Gasteiger partial charge in [-0.15, -0.1) is 0 Å². The van der Waals surface area contributed by atoms with Crippen LogP contribution in [0.15, 0.2) is 40.9 Å². The summed E-state index contributed by atoms with van der Waals surface area (Å²) in [5.41, 5.74) is 0.999. The molecule has 1 amide bonds. The van der Waals surface area contributed by atoms with E-state index in [0.29, 0.717) is 24.7 Å². The van der Waals surface area contributed by atoms with Gasteiger partial charge in [-0.2, -0.15) is 0 Å². The second-order valence-electron chi connectivity index (χ2n) is 6.13. The van der Waals surface area contributed by atoms with Gasteiger partial charge in [0, 0.05) is 24.4 Å². The summed E-state index contributed by atoms with van der Waals surface area (Å²) in [5, 5.41) is 6.47. The quantitative estimate of drug-likeness (QED) is 0.889. The van der Waals surface area contributed by atoms with Crippen molar-refractivity contribution in [2.45, 2.75) is 32.2 Å². The van der Waals surface area contributed by atoms with E-state index in [-0.39, 0.29) is 11.9 Å². The van der Waals surface area contributed by atoms with E-state index in [2.05, 4.69) is 22.5 Å². The van der Waals surface area contributed by atoms with Crippen LogP contribution in [0, 0.1) is 5.92 Å². The number of aromatic nitrogens is 1. The highest BCUT2D eigenvalue weighted by Crippen LogP contribution is 2.20. The molecule has 122 valence electrons. The van der Waals surface area contributed by atoms with Crippen molar-refractivity contribution in [2.75, 3.05) is 13.1 Å². The minimum atomic E-state index is 0.0724. The van der Waals surface area contributed by atoms with Crippen LogP contribution in [0.4, 0.5) is 0 Å². The third-order valence-corrected chi connectivity index (χ3v) is 4.31. The summed E-state index contributed by atoms with van der Waals surface area (Å²) in [7, 11) is 0. The van der Waals surface area contributed by atoms with Gasteiger partial charge in [0.1, 0.15) is 0 Å². The lowest BCUT2D eigenvalue weighted by atomic mass is 9.95. The first-order valence-electron chi connectivity index (χ1n) is 8.22. The molecule has 1 aromatic carbocycles. The van der Waals surface area contributed by atoms with Crippen molar-refractivity contribution in [1.29, 1.82) is 0 Å². The Hall–Kier alpha value is -2.14. The van der Waals surface area contributed by atoms with Gasteiger partial charge in [0.2, 0.25) is 5.91 Å². The Morgan fingerprint density at radius 3 is 3.00 bits per heavy atom. The van der Waals surface area contributed by atoms with Crippen molar-refractivity contribution in [3.8, 4) is 11.3 Å². The van der Waals surface area contributed by atoms with Crippen molar-refractivity contribution in [2.24, 2.45) is 5.92 Å². The van der Waals surface area contributed by atoms with Crippen LogP contribution in [-0.4, -0.2) is 30.0 Å². The maximum Gasteiger partial charge on any atom is 0.220 e. The van der Waals surface area contributed by atoms with Crippen molar-refractivity contribution >= 4 is 5.91 Å². The Kier molecular flexibility index (Phi) is 5.08. The van der Waals surface area contributed by atoms with E-state index in [1.165, 1.54) is 0 Å². The normalized spacial score (nSPS) is 21.1. The smallest absolute Gasteiger partial charge is 0.220 e. The third kappa shape index (κ3) is 4.20. The average molecular weight is 313 g/mol. The first-order valence-corrected chi connectivity index (χ1v) is 8.22. The van der Waals surface area contributed by atoms with Crippen LogP contribution in [0.2, 0.25) is 0 Å². The molecule has 1 saturated heterocycles. The molecule has 23 heavy (non-hydrogen) atoms. The minimum absolute atomic E-state index is 0.0724. The summed E-state index contributed by atoms with van der Waals surface area (Å²) >= 11 is 0. The van der Waals surface area contributed by atoms with Gasteiger partial charge >= 0.3 is 0 Å². The highest BCUT2D eigenvalue weighted by atomic mass is 16.4. The van der Waals surface area contributed by atoms with Gasteiger partial charge < -0.3 is 15.1 Å². The van der Waals surface area contributed by atoms with Crippen molar-refractivity contribution < 1.29 is 9.21 Å². The fourth-order valence-corrected chi connectivity index (χ4v) is 2.89. The van der Waals surface area contributed by atoms with Crippen LogP contribution in [0.5, 0.6) is 0 Å². The highest BCUT2D eigenvalue weighted by molar-refractivity contribution is 5.76. The number of oxazole rings is 1. The highest BCUT2D eigenvalue weighted by Gasteiger charge is 2.22. The minimum Gasteiger partial charge on any atom is -0.441 e. The van der Waals surface area contributed by atoms with Crippen molar-refractivity contribution in [3.05, 3.63) is 42.4 Å². The fraction of sp³-hybridized carbons (Fsp3) is 0.444. The van der Waals surface area contributed by atoms with Crippen LogP contribution < -0.4 is 10.6 Å². The zero-order valence-corrected chi connectivity index (χ0v) is 13.4. The molecule has 2 atom stereocenters. The summed E-state index contributed by atoms with van der Waals surface area (Å²) in [6.45, 7) is 4.10. The molecule has 1 aromatic heterocycles. The summed E-state index contributed by atoms with van der Waals surface area (Å²) < 4.78 is 5.73. The lowest BCUT2D eigenvalue weighted by Crippen LogP contribution is -2.48.